The van der Waals surface area contributed by atoms with Gasteiger partial charge in [-0.15, -0.1) is 6.58 Å². The minimum absolute atomic E-state index is 0.641. The van der Waals surface area contributed by atoms with E-state index in [1.165, 1.54) is 18.4 Å². The first kappa shape index (κ1) is 16.6. The van der Waals surface area contributed by atoms with Crippen molar-refractivity contribution in [3.63, 3.8) is 0 Å². The molecule has 0 aliphatic carbocycles. The largest absolute Gasteiger partial charge is 0.490 e. The topological polar surface area (TPSA) is 44.5 Å². The Balaban J connectivity index is 2.48. The molecule has 0 spiro atoms. The molecule has 0 fully saturated rings. The van der Waals surface area contributed by atoms with Gasteiger partial charge in [-0.2, -0.15) is 0 Å². The zero-order valence-corrected chi connectivity index (χ0v) is 12.6. The molecule has 0 aliphatic heterocycles. The molecule has 3 nitrogen and oxygen atoms in total. The highest BCUT2D eigenvalue weighted by molar-refractivity contribution is 5.43. The van der Waals surface area contributed by atoms with Gasteiger partial charge in [0, 0.05) is 0 Å². The summed E-state index contributed by atoms with van der Waals surface area (Å²) in [6.07, 6.45) is 7.32. The molecule has 0 saturated heterocycles. The third-order valence-electron chi connectivity index (χ3n) is 3.05. The van der Waals surface area contributed by atoms with Crippen LogP contribution in [0.1, 0.15) is 38.2 Å². The molecule has 0 heterocycles. The second-order valence-electron chi connectivity index (χ2n) is 4.74. The van der Waals surface area contributed by atoms with Crippen LogP contribution < -0.4 is 15.2 Å². The minimum Gasteiger partial charge on any atom is -0.490 e. The fourth-order valence-electron chi connectivity index (χ4n) is 2.01. The number of unbranched alkanes of at least 4 members (excludes halogenated alkanes) is 3. The van der Waals surface area contributed by atoms with Crippen LogP contribution in [-0.4, -0.2) is 19.8 Å². The highest BCUT2D eigenvalue weighted by Crippen LogP contribution is 2.28. The first-order valence-electron chi connectivity index (χ1n) is 7.51. The van der Waals surface area contributed by atoms with E-state index in [4.69, 9.17) is 15.2 Å². The Morgan fingerprint density at radius 2 is 2.00 bits per heavy atom. The van der Waals surface area contributed by atoms with Crippen molar-refractivity contribution in [3.05, 3.63) is 36.4 Å². The van der Waals surface area contributed by atoms with Crippen molar-refractivity contribution in [3.8, 4) is 11.5 Å². The summed E-state index contributed by atoms with van der Waals surface area (Å²) in [7, 11) is 0. The maximum absolute atomic E-state index is 5.82. The SMILES string of the molecule is C=CCCCCCOc1ccc(CCN)cc1OCC. The van der Waals surface area contributed by atoms with Crippen LogP contribution in [0.2, 0.25) is 0 Å². The van der Waals surface area contributed by atoms with Crippen molar-refractivity contribution in [2.45, 2.75) is 39.0 Å². The predicted octanol–water partition coefficient (Wildman–Crippen LogP) is 3.71. The summed E-state index contributed by atoms with van der Waals surface area (Å²) >= 11 is 0. The van der Waals surface area contributed by atoms with Crippen LogP contribution in [0.4, 0.5) is 0 Å². The first-order valence-corrected chi connectivity index (χ1v) is 7.51. The van der Waals surface area contributed by atoms with Crippen LogP contribution in [0.25, 0.3) is 0 Å². The van der Waals surface area contributed by atoms with Crippen molar-refractivity contribution >= 4 is 0 Å². The molecule has 1 rings (SSSR count). The highest BCUT2D eigenvalue weighted by Gasteiger charge is 2.06. The summed E-state index contributed by atoms with van der Waals surface area (Å²) in [5.41, 5.74) is 6.77. The Kier molecular flexibility index (Phi) is 8.56. The number of hydrogen-bond donors (Lipinski definition) is 1. The maximum Gasteiger partial charge on any atom is 0.161 e. The Labute approximate surface area is 122 Å². The molecular weight excluding hydrogens is 250 g/mol. The Hall–Kier alpha value is -1.48. The van der Waals surface area contributed by atoms with Gasteiger partial charge in [-0.1, -0.05) is 12.1 Å². The molecular formula is C17H27NO2. The molecule has 2 N–H and O–H groups in total. The molecule has 20 heavy (non-hydrogen) atoms. The molecule has 0 aliphatic rings. The average Bonchev–Trinajstić information content (AvgIpc) is 2.45. The number of rotatable bonds is 11. The Morgan fingerprint density at radius 1 is 1.15 bits per heavy atom. The molecule has 0 atom stereocenters. The van der Waals surface area contributed by atoms with Gasteiger partial charge in [0.2, 0.25) is 0 Å². The van der Waals surface area contributed by atoms with Gasteiger partial charge in [0.15, 0.2) is 11.5 Å². The van der Waals surface area contributed by atoms with Crippen LogP contribution in [0.15, 0.2) is 30.9 Å². The molecule has 0 amide bonds. The summed E-state index contributed by atoms with van der Waals surface area (Å²) in [6, 6.07) is 6.07. The van der Waals surface area contributed by atoms with Gasteiger partial charge in [0.25, 0.3) is 0 Å². The van der Waals surface area contributed by atoms with Crippen molar-refractivity contribution in [1.82, 2.24) is 0 Å². The second-order valence-corrected chi connectivity index (χ2v) is 4.74. The van der Waals surface area contributed by atoms with Gasteiger partial charge in [-0.05, 0) is 63.3 Å². The van der Waals surface area contributed by atoms with Gasteiger partial charge >= 0.3 is 0 Å². The van der Waals surface area contributed by atoms with Crippen molar-refractivity contribution in [1.29, 1.82) is 0 Å². The van der Waals surface area contributed by atoms with E-state index >= 15 is 0 Å². The number of allylic oxidation sites excluding steroid dienone is 1. The zero-order chi connectivity index (χ0) is 14.6. The molecule has 0 unspecified atom stereocenters. The fourth-order valence-corrected chi connectivity index (χ4v) is 2.01. The summed E-state index contributed by atoms with van der Waals surface area (Å²) in [5, 5.41) is 0. The van der Waals surface area contributed by atoms with Crippen molar-refractivity contribution < 1.29 is 9.47 Å². The maximum atomic E-state index is 5.82. The van der Waals surface area contributed by atoms with Gasteiger partial charge in [0.05, 0.1) is 13.2 Å². The number of nitrogens with two attached hydrogens (primary N) is 1. The van der Waals surface area contributed by atoms with E-state index in [2.05, 4.69) is 12.6 Å². The van der Waals surface area contributed by atoms with Crippen LogP contribution in [0.3, 0.4) is 0 Å². The normalized spacial score (nSPS) is 10.3. The lowest BCUT2D eigenvalue weighted by molar-refractivity contribution is 0.270. The quantitative estimate of drug-likeness (QED) is 0.495. The van der Waals surface area contributed by atoms with Gasteiger partial charge in [0.1, 0.15) is 0 Å². The van der Waals surface area contributed by atoms with Gasteiger partial charge in [-0.25, -0.2) is 0 Å². The Bertz CT molecular complexity index is 391. The molecule has 3 heteroatoms. The molecule has 1 aromatic rings. The summed E-state index contributed by atoms with van der Waals surface area (Å²) < 4.78 is 11.5. The molecule has 112 valence electrons. The van der Waals surface area contributed by atoms with E-state index in [0.29, 0.717) is 13.2 Å². The van der Waals surface area contributed by atoms with E-state index in [0.717, 1.165) is 37.4 Å². The van der Waals surface area contributed by atoms with E-state index in [1.807, 2.05) is 25.1 Å². The van der Waals surface area contributed by atoms with E-state index in [-0.39, 0.29) is 0 Å². The zero-order valence-electron chi connectivity index (χ0n) is 12.6. The predicted molar refractivity (Wildman–Crippen MR) is 84.5 cm³/mol. The average molecular weight is 277 g/mol. The molecule has 0 radical (unpaired) electrons. The number of ether oxygens (including phenoxy) is 2. The van der Waals surface area contributed by atoms with Gasteiger partial charge in [-0.3, -0.25) is 0 Å². The lowest BCUT2D eigenvalue weighted by Gasteiger charge is -2.13. The Morgan fingerprint density at radius 3 is 2.70 bits per heavy atom. The minimum atomic E-state index is 0.641. The molecule has 1 aromatic carbocycles. The third-order valence-corrected chi connectivity index (χ3v) is 3.05. The summed E-state index contributed by atoms with van der Waals surface area (Å²) in [6.45, 7) is 7.72. The van der Waals surface area contributed by atoms with Crippen LogP contribution in [-0.2, 0) is 6.42 Å². The first-order chi connectivity index (χ1) is 9.81. The van der Waals surface area contributed by atoms with E-state index in [9.17, 15) is 0 Å². The van der Waals surface area contributed by atoms with Crippen molar-refractivity contribution in [2.75, 3.05) is 19.8 Å². The van der Waals surface area contributed by atoms with Crippen molar-refractivity contribution in [2.24, 2.45) is 5.73 Å². The fraction of sp³-hybridized carbons (Fsp3) is 0.529. The smallest absolute Gasteiger partial charge is 0.161 e. The number of benzene rings is 1. The van der Waals surface area contributed by atoms with Crippen LogP contribution in [0, 0.1) is 0 Å². The summed E-state index contributed by atoms with van der Waals surface area (Å²) in [4.78, 5) is 0. The van der Waals surface area contributed by atoms with E-state index in [1.54, 1.807) is 0 Å². The molecule has 0 aromatic heterocycles. The lowest BCUT2D eigenvalue weighted by atomic mass is 10.1. The highest BCUT2D eigenvalue weighted by atomic mass is 16.5. The summed E-state index contributed by atoms with van der Waals surface area (Å²) in [5.74, 6) is 1.65. The second kappa shape index (κ2) is 10.3. The lowest BCUT2D eigenvalue weighted by Crippen LogP contribution is -2.05. The number of hydrogen-bond acceptors (Lipinski definition) is 3. The molecule has 0 bridgehead atoms. The van der Waals surface area contributed by atoms with Crippen LogP contribution >= 0.6 is 0 Å². The third kappa shape index (κ3) is 6.11. The van der Waals surface area contributed by atoms with E-state index < -0.39 is 0 Å². The molecule has 0 saturated carbocycles. The van der Waals surface area contributed by atoms with Gasteiger partial charge < -0.3 is 15.2 Å². The van der Waals surface area contributed by atoms with Crippen LogP contribution in [0.5, 0.6) is 11.5 Å². The monoisotopic (exact) mass is 277 g/mol. The standard InChI is InChI=1S/C17H27NO2/c1-3-5-6-7-8-13-20-16-10-9-15(11-12-18)14-17(16)19-4-2/h3,9-10,14H,1,4-8,11-13,18H2,2H3.